The Morgan fingerprint density at radius 3 is 2.16 bits per heavy atom. The Kier molecular flexibility index (Phi) is 11.9. The SMILES string of the molecule is CNC(C)(C#N)CCCCOCCOCCCOC. The molecular formula is C14H28N2O3. The van der Waals surface area contributed by atoms with Crippen LogP contribution in [0.4, 0.5) is 0 Å². The number of methoxy groups -OCH3 is 1. The number of hydrogen-bond acceptors (Lipinski definition) is 5. The Labute approximate surface area is 117 Å². The normalized spacial score (nSPS) is 14.0. The van der Waals surface area contributed by atoms with Crippen molar-refractivity contribution in [1.82, 2.24) is 5.32 Å². The molecule has 19 heavy (non-hydrogen) atoms. The summed E-state index contributed by atoms with van der Waals surface area (Å²) in [5.74, 6) is 0. The van der Waals surface area contributed by atoms with Crippen molar-refractivity contribution in [3.8, 4) is 6.07 Å². The van der Waals surface area contributed by atoms with E-state index >= 15 is 0 Å². The van der Waals surface area contributed by atoms with E-state index in [4.69, 9.17) is 19.5 Å². The number of unbranched alkanes of at least 4 members (excludes halogenated alkanes) is 1. The fourth-order valence-corrected chi connectivity index (χ4v) is 1.55. The van der Waals surface area contributed by atoms with E-state index in [2.05, 4.69) is 11.4 Å². The highest BCUT2D eigenvalue weighted by molar-refractivity contribution is 5.02. The number of nitrogens with zero attached hydrogens (tertiary/aromatic N) is 1. The number of rotatable bonds is 13. The summed E-state index contributed by atoms with van der Waals surface area (Å²) in [6.45, 7) is 5.38. The van der Waals surface area contributed by atoms with Gasteiger partial charge in [-0.25, -0.2) is 0 Å². The van der Waals surface area contributed by atoms with Gasteiger partial charge in [0.2, 0.25) is 0 Å². The maximum atomic E-state index is 8.98. The number of nitriles is 1. The number of ether oxygens (including phenoxy) is 3. The van der Waals surface area contributed by atoms with Crippen molar-refractivity contribution >= 4 is 0 Å². The Balaban J connectivity index is 3.22. The molecule has 0 aromatic heterocycles. The Morgan fingerprint density at radius 2 is 1.63 bits per heavy atom. The lowest BCUT2D eigenvalue weighted by atomic mass is 9.97. The number of hydrogen-bond donors (Lipinski definition) is 1. The van der Waals surface area contributed by atoms with Crippen molar-refractivity contribution in [2.45, 2.75) is 38.1 Å². The van der Waals surface area contributed by atoms with Crippen LogP contribution < -0.4 is 5.32 Å². The van der Waals surface area contributed by atoms with Gasteiger partial charge in [0.15, 0.2) is 0 Å². The van der Waals surface area contributed by atoms with Crippen molar-refractivity contribution in [2.24, 2.45) is 0 Å². The van der Waals surface area contributed by atoms with E-state index in [0.717, 1.165) is 45.5 Å². The molecule has 112 valence electrons. The zero-order valence-electron chi connectivity index (χ0n) is 12.5. The smallest absolute Gasteiger partial charge is 0.103 e. The van der Waals surface area contributed by atoms with Gasteiger partial charge in [-0.05, 0) is 39.7 Å². The molecule has 0 amide bonds. The average Bonchev–Trinajstić information content (AvgIpc) is 2.44. The molecule has 0 aliphatic rings. The summed E-state index contributed by atoms with van der Waals surface area (Å²) in [6, 6.07) is 2.28. The number of nitrogens with one attached hydrogen (secondary N) is 1. The second kappa shape index (κ2) is 12.4. The molecule has 0 rings (SSSR count). The second-order valence-electron chi connectivity index (χ2n) is 4.72. The first-order valence-electron chi connectivity index (χ1n) is 6.93. The summed E-state index contributed by atoms with van der Waals surface area (Å²) in [4.78, 5) is 0. The zero-order chi connectivity index (χ0) is 14.4. The first-order valence-corrected chi connectivity index (χ1v) is 6.93. The van der Waals surface area contributed by atoms with Crippen LogP contribution in [0.2, 0.25) is 0 Å². The van der Waals surface area contributed by atoms with E-state index in [1.54, 1.807) is 7.11 Å². The Morgan fingerprint density at radius 1 is 1.00 bits per heavy atom. The van der Waals surface area contributed by atoms with E-state index in [-0.39, 0.29) is 0 Å². The summed E-state index contributed by atoms with van der Waals surface area (Å²) in [6.07, 6.45) is 3.73. The molecule has 5 nitrogen and oxygen atoms in total. The van der Waals surface area contributed by atoms with Gasteiger partial charge < -0.3 is 19.5 Å². The topological polar surface area (TPSA) is 63.5 Å². The van der Waals surface area contributed by atoms with E-state index < -0.39 is 5.54 Å². The summed E-state index contributed by atoms with van der Waals surface area (Å²) >= 11 is 0. The third-order valence-electron chi connectivity index (χ3n) is 3.02. The Hall–Kier alpha value is -0.670. The maximum absolute atomic E-state index is 8.98. The van der Waals surface area contributed by atoms with Gasteiger partial charge in [-0.15, -0.1) is 0 Å². The highest BCUT2D eigenvalue weighted by atomic mass is 16.5. The highest BCUT2D eigenvalue weighted by Gasteiger charge is 2.19. The molecule has 0 bridgehead atoms. The van der Waals surface area contributed by atoms with Crippen LogP contribution in [0.5, 0.6) is 0 Å². The molecule has 1 unspecified atom stereocenters. The van der Waals surface area contributed by atoms with Gasteiger partial charge in [-0.3, -0.25) is 0 Å². The van der Waals surface area contributed by atoms with Gasteiger partial charge in [0.05, 0.1) is 19.3 Å². The van der Waals surface area contributed by atoms with E-state index in [9.17, 15) is 0 Å². The van der Waals surface area contributed by atoms with Gasteiger partial charge in [-0.1, -0.05) is 0 Å². The quantitative estimate of drug-likeness (QED) is 0.517. The molecule has 0 spiro atoms. The van der Waals surface area contributed by atoms with Crippen molar-refractivity contribution < 1.29 is 14.2 Å². The van der Waals surface area contributed by atoms with Crippen molar-refractivity contribution in [3.05, 3.63) is 0 Å². The largest absolute Gasteiger partial charge is 0.385 e. The molecule has 0 fully saturated rings. The molecule has 1 N–H and O–H groups in total. The second-order valence-corrected chi connectivity index (χ2v) is 4.72. The minimum Gasteiger partial charge on any atom is -0.385 e. The lowest BCUT2D eigenvalue weighted by molar-refractivity contribution is 0.0384. The molecule has 0 radical (unpaired) electrons. The van der Waals surface area contributed by atoms with Gasteiger partial charge in [0.1, 0.15) is 5.54 Å². The molecule has 5 heteroatoms. The molecule has 0 heterocycles. The lowest BCUT2D eigenvalue weighted by Gasteiger charge is -2.20. The predicted molar refractivity (Wildman–Crippen MR) is 75.1 cm³/mol. The van der Waals surface area contributed by atoms with Crippen LogP contribution in [0.3, 0.4) is 0 Å². The van der Waals surface area contributed by atoms with Crippen molar-refractivity contribution in [3.63, 3.8) is 0 Å². The van der Waals surface area contributed by atoms with Crippen LogP contribution >= 0.6 is 0 Å². The van der Waals surface area contributed by atoms with Crippen LogP contribution in [0.25, 0.3) is 0 Å². The van der Waals surface area contributed by atoms with Crippen LogP contribution in [-0.2, 0) is 14.2 Å². The van der Waals surface area contributed by atoms with Crippen LogP contribution in [0, 0.1) is 11.3 Å². The minimum absolute atomic E-state index is 0.412. The molecule has 0 aromatic carbocycles. The molecule has 1 atom stereocenters. The maximum Gasteiger partial charge on any atom is 0.103 e. The molecule has 0 saturated heterocycles. The first kappa shape index (κ1) is 18.3. The highest BCUT2D eigenvalue weighted by Crippen LogP contribution is 2.11. The summed E-state index contributed by atoms with van der Waals surface area (Å²) in [5, 5.41) is 12.0. The van der Waals surface area contributed by atoms with Gasteiger partial charge in [-0.2, -0.15) is 5.26 Å². The third-order valence-corrected chi connectivity index (χ3v) is 3.02. The van der Waals surface area contributed by atoms with Gasteiger partial charge in [0, 0.05) is 26.9 Å². The van der Waals surface area contributed by atoms with Gasteiger partial charge in [0.25, 0.3) is 0 Å². The lowest BCUT2D eigenvalue weighted by Crippen LogP contribution is -2.37. The Bertz CT molecular complexity index is 243. The average molecular weight is 272 g/mol. The fraction of sp³-hybridized carbons (Fsp3) is 0.929. The van der Waals surface area contributed by atoms with E-state index in [0.29, 0.717) is 13.2 Å². The minimum atomic E-state index is -0.412. The van der Waals surface area contributed by atoms with Crippen LogP contribution in [-0.4, -0.2) is 52.7 Å². The molecular weight excluding hydrogens is 244 g/mol. The zero-order valence-corrected chi connectivity index (χ0v) is 12.5. The van der Waals surface area contributed by atoms with Crippen molar-refractivity contribution in [1.29, 1.82) is 5.26 Å². The van der Waals surface area contributed by atoms with Crippen LogP contribution in [0.1, 0.15) is 32.6 Å². The molecule has 0 aromatic rings. The van der Waals surface area contributed by atoms with Crippen molar-refractivity contribution in [2.75, 3.05) is 47.2 Å². The van der Waals surface area contributed by atoms with Gasteiger partial charge >= 0.3 is 0 Å². The monoisotopic (exact) mass is 272 g/mol. The standard InChI is InChI=1S/C14H28N2O3/c1-14(13-15,16-2)7-4-5-9-18-11-12-19-10-6-8-17-3/h16H,4-12H2,1-3H3. The summed E-state index contributed by atoms with van der Waals surface area (Å²) < 4.78 is 15.8. The molecule has 0 saturated carbocycles. The fourth-order valence-electron chi connectivity index (χ4n) is 1.55. The van der Waals surface area contributed by atoms with E-state index in [1.165, 1.54) is 0 Å². The first-order chi connectivity index (χ1) is 9.18. The molecule has 0 aliphatic heterocycles. The summed E-state index contributed by atoms with van der Waals surface area (Å²) in [7, 11) is 3.51. The third kappa shape index (κ3) is 10.9. The summed E-state index contributed by atoms with van der Waals surface area (Å²) in [5.41, 5.74) is -0.412. The predicted octanol–water partition coefficient (Wildman–Crippen LogP) is 1.73. The van der Waals surface area contributed by atoms with E-state index in [1.807, 2.05) is 14.0 Å². The molecule has 0 aliphatic carbocycles. The van der Waals surface area contributed by atoms with Crippen LogP contribution in [0.15, 0.2) is 0 Å².